The van der Waals surface area contributed by atoms with Crippen molar-refractivity contribution < 1.29 is 28.4 Å². The van der Waals surface area contributed by atoms with Crippen LogP contribution in [0.3, 0.4) is 0 Å². The highest BCUT2D eigenvalue weighted by atomic mass is 33.1. The third-order valence-electron chi connectivity index (χ3n) is 3.98. The van der Waals surface area contributed by atoms with Gasteiger partial charge in [0, 0.05) is 11.5 Å². The Morgan fingerprint density at radius 1 is 0.500 bits per heavy atom. The minimum atomic E-state index is 0.601. The molecular weight excluding hydrogens is 400 g/mol. The van der Waals surface area contributed by atoms with Crippen LogP contribution in [-0.4, -0.2) is 42.7 Å². The molecule has 0 spiro atoms. The summed E-state index contributed by atoms with van der Waals surface area (Å²) in [6, 6.07) is 7.87. The van der Waals surface area contributed by atoms with Crippen LogP contribution in [0.4, 0.5) is 0 Å². The lowest BCUT2D eigenvalue weighted by molar-refractivity contribution is 0.324. The van der Waals surface area contributed by atoms with Gasteiger partial charge in [-0.15, -0.1) is 0 Å². The Kier molecular flexibility index (Phi) is 8.79. The fourth-order valence-corrected chi connectivity index (χ4v) is 4.75. The van der Waals surface area contributed by atoms with Gasteiger partial charge < -0.3 is 28.4 Å². The van der Waals surface area contributed by atoms with Gasteiger partial charge in [-0.1, -0.05) is 21.6 Å². The zero-order valence-corrected chi connectivity index (χ0v) is 18.6. The second-order valence-corrected chi connectivity index (χ2v) is 8.05. The first kappa shape index (κ1) is 22.2. The van der Waals surface area contributed by atoms with Crippen molar-refractivity contribution in [2.24, 2.45) is 0 Å². The van der Waals surface area contributed by atoms with Gasteiger partial charge in [0.2, 0.25) is 11.5 Å². The molecule has 0 radical (unpaired) electrons. The van der Waals surface area contributed by atoms with Crippen molar-refractivity contribution in [1.29, 1.82) is 0 Å². The van der Waals surface area contributed by atoms with E-state index in [1.165, 1.54) is 0 Å². The quantitative estimate of drug-likeness (QED) is 0.374. The van der Waals surface area contributed by atoms with Gasteiger partial charge in [-0.3, -0.25) is 0 Å². The van der Waals surface area contributed by atoms with Gasteiger partial charge in [-0.25, -0.2) is 0 Å². The van der Waals surface area contributed by atoms with Gasteiger partial charge in [0.15, 0.2) is 23.0 Å². The zero-order chi connectivity index (χ0) is 20.5. The van der Waals surface area contributed by atoms with Crippen LogP contribution in [-0.2, 0) is 11.5 Å². The fraction of sp³-hybridized carbons (Fsp3) is 0.400. The van der Waals surface area contributed by atoms with Crippen LogP contribution in [0.1, 0.15) is 11.1 Å². The van der Waals surface area contributed by atoms with Crippen LogP contribution < -0.4 is 28.4 Å². The van der Waals surface area contributed by atoms with E-state index < -0.39 is 0 Å². The van der Waals surface area contributed by atoms with Crippen molar-refractivity contribution in [3.05, 3.63) is 35.4 Å². The summed E-state index contributed by atoms with van der Waals surface area (Å²) in [5.41, 5.74) is 2.19. The lowest BCUT2D eigenvalue weighted by Gasteiger charge is -2.14. The Hall–Kier alpha value is -2.06. The van der Waals surface area contributed by atoms with Crippen molar-refractivity contribution in [2.75, 3.05) is 42.7 Å². The third kappa shape index (κ3) is 5.26. The molecule has 0 aliphatic heterocycles. The summed E-state index contributed by atoms with van der Waals surface area (Å²) >= 11 is 0. The van der Waals surface area contributed by atoms with E-state index in [1.807, 2.05) is 24.3 Å². The van der Waals surface area contributed by atoms with E-state index in [-0.39, 0.29) is 0 Å². The Bertz CT molecular complexity index is 666. The molecule has 0 N–H and O–H groups in total. The Morgan fingerprint density at radius 2 is 0.786 bits per heavy atom. The molecule has 0 heterocycles. The summed E-state index contributed by atoms with van der Waals surface area (Å²) < 4.78 is 32.4. The van der Waals surface area contributed by atoms with E-state index in [4.69, 9.17) is 28.4 Å². The molecule has 0 fully saturated rings. The van der Waals surface area contributed by atoms with Crippen molar-refractivity contribution >= 4 is 21.6 Å². The van der Waals surface area contributed by atoms with Gasteiger partial charge in [0.1, 0.15) is 0 Å². The molecular formula is C20H26O6S2. The maximum Gasteiger partial charge on any atom is 0.203 e. The van der Waals surface area contributed by atoms with E-state index in [1.54, 1.807) is 64.2 Å². The molecule has 6 nitrogen and oxygen atoms in total. The average Bonchev–Trinajstić information content (AvgIpc) is 2.74. The highest BCUT2D eigenvalue weighted by Crippen LogP contribution is 2.42. The van der Waals surface area contributed by atoms with Gasteiger partial charge in [-0.2, -0.15) is 0 Å². The number of benzene rings is 2. The number of hydrogen-bond acceptors (Lipinski definition) is 8. The molecule has 0 bridgehead atoms. The van der Waals surface area contributed by atoms with E-state index in [0.717, 1.165) is 22.6 Å². The van der Waals surface area contributed by atoms with Crippen molar-refractivity contribution in [2.45, 2.75) is 11.5 Å². The molecule has 0 saturated carbocycles. The molecule has 0 saturated heterocycles. The first-order valence-electron chi connectivity index (χ1n) is 8.43. The van der Waals surface area contributed by atoms with Gasteiger partial charge in [-0.05, 0) is 35.4 Å². The molecule has 8 heteroatoms. The Morgan fingerprint density at radius 3 is 1.00 bits per heavy atom. The highest BCUT2D eigenvalue weighted by molar-refractivity contribution is 8.76. The van der Waals surface area contributed by atoms with E-state index in [0.29, 0.717) is 34.5 Å². The molecule has 2 rings (SSSR count). The minimum absolute atomic E-state index is 0.601. The first-order valence-corrected chi connectivity index (χ1v) is 10.9. The van der Waals surface area contributed by atoms with Crippen LogP contribution >= 0.6 is 21.6 Å². The van der Waals surface area contributed by atoms with Gasteiger partial charge >= 0.3 is 0 Å². The summed E-state index contributed by atoms with van der Waals surface area (Å²) in [6.07, 6.45) is 0. The fourth-order valence-electron chi connectivity index (χ4n) is 2.66. The zero-order valence-electron chi connectivity index (χ0n) is 17.0. The molecule has 0 aromatic heterocycles. The monoisotopic (exact) mass is 426 g/mol. The van der Waals surface area contributed by atoms with Crippen molar-refractivity contribution in [3.8, 4) is 34.5 Å². The number of hydrogen-bond donors (Lipinski definition) is 0. The second kappa shape index (κ2) is 11.1. The molecule has 2 aromatic rings. The summed E-state index contributed by atoms with van der Waals surface area (Å²) in [7, 11) is 13.2. The Labute approximate surface area is 174 Å². The summed E-state index contributed by atoms with van der Waals surface area (Å²) in [6.45, 7) is 0. The molecule has 0 aliphatic rings. The predicted octanol–water partition coefficient (Wildman–Crippen LogP) is 4.82. The molecule has 2 aromatic carbocycles. The van der Waals surface area contributed by atoms with Gasteiger partial charge in [0.25, 0.3) is 0 Å². The van der Waals surface area contributed by atoms with Crippen LogP contribution in [0.5, 0.6) is 34.5 Å². The molecule has 154 valence electrons. The molecule has 0 aliphatic carbocycles. The third-order valence-corrected chi connectivity index (χ3v) is 6.26. The molecule has 0 atom stereocenters. The average molecular weight is 427 g/mol. The lowest BCUT2D eigenvalue weighted by atomic mass is 10.2. The maximum atomic E-state index is 5.41. The molecule has 0 amide bonds. The van der Waals surface area contributed by atoms with Crippen LogP contribution in [0.25, 0.3) is 0 Å². The normalized spacial score (nSPS) is 10.4. The van der Waals surface area contributed by atoms with Crippen molar-refractivity contribution in [3.63, 3.8) is 0 Å². The highest BCUT2D eigenvalue weighted by Gasteiger charge is 2.15. The van der Waals surface area contributed by atoms with E-state index in [2.05, 4.69) is 0 Å². The second-order valence-electron chi connectivity index (χ2n) is 5.59. The largest absolute Gasteiger partial charge is 0.493 e. The van der Waals surface area contributed by atoms with E-state index >= 15 is 0 Å². The Balaban J connectivity index is 2.03. The van der Waals surface area contributed by atoms with Crippen LogP contribution in [0, 0.1) is 0 Å². The summed E-state index contributed by atoms with van der Waals surface area (Å²) in [5, 5.41) is 0. The minimum Gasteiger partial charge on any atom is -0.493 e. The molecule has 28 heavy (non-hydrogen) atoms. The first-order chi connectivity index (χ1) is 13.6. The van der Waals surface area contributed by atoms with E-state index in [9.17, 15) is 0 Å². The van der Waals surface area contributed by atoms with Crippen LogP contribution in [0.2, 0.25) is 0 Å². The lowest BCUT2D eigenvalue weighted by Crippen LogP contribution is -1.97. The van der Waals surface area contributed by atoms with Crippen molar-refractivity contribution in [1.82, 2.24) is 0 Å². The topological polar surface area (TPSA) is 55.4 Å². The molecule has 0 unspecified atom stereocenters. The smallest absolute Gasteiger partial charge is 0.203 e. The maximum absolute atomic E-state index is 5.41. The summed E-state index contributed by atoms with van der Waals surface area (Å²) in [4.78, 5) is 0. The number of methoxy groups -OCH3 is 6. The SMILES string of the molecule is COc1cc(CSSCc2cc(OC)c(OC)c(OC)c2)cc(OC)c1OC. The number of ether oxygens (including phenoxy) is 6. The summed E-state index contributed by atoms with van der Waals surface area (Å²) in [5.74, 6) is 5.43. The van der Waals surface area contributed by atoms with Gasteiger partial charge in [0.05, 0.1) is 42.7 Å². The standard InChI is InChI=1S/C20H26O6S2/c1-21-15-7-13(8-16(22-2)19(15)25-5)11-27-28-12-14-9-17(23-3)20(26-6)18(10-14)24-4/h7-10H,11-12H2,1-6H3. The van der Waals surface area contributed by atoms with Crippen LogP contribution in [0.15, 0.2) is 24.3 Å². The number of rotatable bonds is 11. The predicted molar refractivity (Wildman–Crippen MR) is 115 cm³/mol.